The van der Waals surface area contributed by atoms with E-state index in [1.165, 1.54) is 16.7 Å². The van der Waals surface area contributed by atoms with Crippen molar-refractivity contribution in [1.29, 1.82) is 0 Å². The van der Waals surface area contributed by atoms with Crippen LogP contribution in [0.5, 0.6) is 11.5 Å². The number of hydrogen-bond donors (Lipinski definition) is 1. The van der Waals surface area contributed by atoms with E-state index in [4.69, 9.17) is 9.47 Å². The molecular formula is C23H19N3O5S. The Morgan fingerprint density at radius 3 is 2.56 bits per heavy atom. The van der Waals surface area contributed by atoms with Gasteiger partial charge in [-0.05, 0) is 49.4 Å². The maximum absolute atomic E-state index is 13.1. The summed E-state index contributed by atoms with van der Waals surface area (Å²) in [5.41, 5.74) is 1.21. The zero-order valence-corrected chi connectivity index (χ0v) is 17.9. The second kappa shape index (κ2) is 7.69. The number of nitrogens with zero attached hydrogens (tertiary/aromatic N) is 2. The fourth-order valence-corrected chi connectivity index (χ4v) is 4.73. The van der Waals surface area contributed by atoms with Crippen molar-refractivity contribution in [2.75, 3.05) is 17.9 Å². The van der Waals surface area contributed by atoms with E-state index in [2.05, 4.69) is 9.71 Å². The van der Waals surface area contributed by atoms with E-state index in [-0.39, 0.29) is 10.5 Å². The highest BCUT2D eigenvalue weighted by Gasteiger charge is 2.20. The molecule has 8 nitrogen and oxygen atoms in total. The molecule has 5 rings (SSSR count). The van der Waals surface area contributed by atoms with Gasteiger partial charge in [-0.1, -0.05) is 18.2 Å². The molecule has 2 heterocycles. The molecule has 0 fully saturated rings. The van der Waals surface area contributed by atoms with Gasteiger partial charge < -0.3 is 9.47 Å². The molecule has 9 heteroatoms. The van der Waals surface area contributed by atoms with Crippen molar-refractivity contribution >= 4 is 26.6 Å². The molecule has 0 unspecified atom stereocenters. The van der Waals surface area contributed by atoms with E-state index in [0.717, 1.165) is 0 Å². The second-order valence-corrected chi connectivity index (χ2v) is 8.96. The van der Waals surface area contributed by atoms with Crippen LogP contribution in [0.15, 0.2) is 76.4 Å². The Hall–Kier alpha value is -3.85. The predicted molar refractivity (Wildman–Crippen MR) is 120 cm³/mol. The van der Waals surface area contributed by atoms with Gasteiger partial charge in [-0.15, -0.1) is 0 Å². The molecule has 32 heavy (non-hydrogen) atoms. The van der Waals surface area contributed by atoms with Crippen LogP contribution in [-0.2, 0) is 10.0 Å². The monoisotopic (exact) mass is 449 g/mol. The van der Waals surface area contributed by atoms with Crippen molar-refractivity contribution in [3.8, 4) is 17.2 Å². The van der Waals surface area contributed by atoms with Crippen molar-refractivity contribution in [1.82, 2.24) is 9.55 Å². The molecule has 1 aromatic heterocycles. The largest absolute Gasteiger partial charge is 0.486 e. The maximum Gasteiger partial charge on any atom is 0.265 e. The third-order valence-electron chi connectivity index (χ3n) is 5.12. The minimum Gasteiger partial charge on any atom is -0.486 e. The molecule has 4 aromatic rings. The fourth-order valence-electron chi connectivity index (χ4n) is 3.66. The molecule has 162 valence electrons. The van der Waals surface area contributed by atoms with Gasteiger partial charge in [0.25, 0.3) is 15.6 Å². The molecule has 0 saturated carbocycles. The van der Waals surface area contributed by atoms with Gasteiger partial charge in [0.15, 0.2) is 11.5 Å². The summed E-state index contributed by atoms with van der Waals surface area (Å²) in [7, 11) is -3.89. The summed E-state index contributed by atoms with van der Waals surface area (Å²) in [5, 5.41) is 0.486. The number of aryl methyl sites for hydroxylation is 1. The van der Waals surface area contributed by atoms with Crippen LogP contribution < -0.4 is 19.8 Å². The van der Waals surface area contributed by atoms with Crippen molar-refractivity contribution < 1.29 is 17.9 Å². The van der Waals surface area contributed by atoms with E-state index in [1.54, 1.807) is 55.5 Å². The number of rotatable bonds is 4. The molecule has 1 N–H and O–H groups in total. The van der Waals surface area contributed by atoms with Gasteiger partial charge in [-0.2, -0.15) is 0 Å². The Bertz CT molecular complexity index is 1510. The van der Waals surface area contributed by atoms with Crippen LogP contribution in [0.3, 0.4) is 0 Å². The molecule has 0 bridgehead atoms. The Labute approximate surface area is 184 Å². The fraction of sp³-hybridized carbons (Fsp3) is 0.130. The zero-order chi connectivity index (χ0) is 22.3. The van der Waals surface area contributed by atoms with Crippen LogP contribution in [-0.4, -0.2) is 31.2 Å². The van der Waals surface area contributed by atoms with Crippen LogP contribution in [0.4, 0.5) is 5.69 Å². The minimum atomic E-state index is -3.89. The third kappa shape index (κ3) is 3.56. The molecule has 0 amide bonds. The van der Waals surface area contributed by atoms with Gasteiger partial charge in [-0.25, -0.2) is 13.4 Å². The lowest BCUT2D eigenvalue weighted by atomic mass is 10.2. The molecule has 0 spiro atoms. The summed E-state index contributed by atoms with van der Waals surface area (Å²) in [6.45, 7) is 2.52. The van der Waals surface area contributed by atoms with E-state index in [0.29, 0.717) is 52.8 Å². The lowest BCUT2D eigenvalue weighted by Gasteiger charge is -2.19. The Morgan fingerprint density at radius 2 is 1.72 bits per heavy atom. The Balaban J connectivity index is 1.51. The average Bonchev–Trinajstić information content (AvgIpc) is 2.79. The van der Waals surface area contributed by atoms with E-state index in [9.17, 15) is 13.2 Å². The Morgan fingerprint density at radius 1 is 0.938 bits per heavy atom. The summed E-state index contributed by atoms with van der Waals surface area (Å²) < 4.78 is 40.9. The maximum atomic E-state index is 13.1. The summed E-state index contributed by atoms with van der Waals surface area (Å²) in [6, 6.07) is 18.2. The van der Waals surface area contributed by atoms with Gasteiger partial charge in [0.1, 0.15) is 19.0 Å². The second-order valence-electron chi connectivity index (χ2n) is 7.28. The van der Waals surface area contributed by atoms with Gasteiger partial charge in [0.05, 0.1) is 27.2 Å². The molecule has 1 aliphatic rings. The minimum absolute atomic E-state index is 0.0490. The van der Waals surface area contributed by atoms with Crippen molar-refractivity contribution in [2.45, 2.75) is 11.8 Å². The van der Waals surface area contributed by atoms with E-state index in [1.807, 2.05) is 6.07 Å². The lowest BCUT2D eigenvalue weighted by molar-refractivity contribution is 0.171. The van der Waals surface area contributed by atoms with Crippen LogP contribution in [0.2, 0.25) is 0 Å². The number of nitrogens with one attached hydrogen (secondary N) is 1. The number of benzene rings is 3. The van der Waals surface area contributed by atoms with Crippen molar-refractivity contribution in [3.05, 3.63) is 82.9 Å². The topological polar surface area (TPSA) is 99.5 Å². The highest BCUT2D eigenvalue weighted by Crippen LogP contribution is 2.32. The van der Waals surface area contributed by atoms with Crippen LogP contribution in [0, 0.1) is 6.92 Å². The number of fused-ring (bicyclic) bond motifs is 2. The smallest absolute Gasteiger partial charge is 0.265 e. The summed E-state index contributed by atoms with van der Waals surface area (Å²) in [6.07, 6.45) is 0. The molecule has 3 aromatic carbocycles. The zero-order valence-electron chi connectivity index (χ0n) is 17.1. The number of anilines is 1. The standard InChI is InChI=1S/C23H19N3O5S/c1-15-24-20-8-3-2-7-19(20)23(27)26(15)17-6-4-5-16(13-17)25-32(28,29)18-9-10-21-22(14-18)31-12-11-30-21/h2-10,13-14,25H,11-12H2,1H3. The third-order valence-corrected chi connectivity index (χ3v) is 6.50. The normalized spacial score (nSPS) is 13.2. The summed E-state index contributed by atoms with van der Waals surface area (Å²) in [4.78, 5) is 17.6. The van der Waals surface area contributed by atoms with Gasteiger partial charge >= 0.3 is 0 Å². The molecular weight excluding hydrogens is 430 g/mol. The first-order valence-electron chi connectivity index (χ1n) is 9.94. The number of para-hydroxylation sites is 1. The molecule has 0 aliphatic carbocycles. The highest BCUT2D eigenvalue weighted by molar-refractivity contribution is 7.92. The van der Waals surface area contributed by atoms with Crippen molar-refractivity contribution in [3.63, 3.8) is 0 Å². The summed E-state index contributed by atoms with van der Waals surface area (Å²) in [5.74, 6) is 1.40. The Kier molecular flexibility index (Phi) is 4.82. The lowest BCUT2D eigenvalue weighted by Crippen LogP contribution is -2.22. The predicted octanol–water partition coefficient (Wildman–Crippen LogP) is 3.27. The van der Waals surface area contributed by atoms with Crippen LogP contribution in [0.25, 0.3) is 16.6 Å². The number of ether oxygens (including phenoxy) is 2. The number of hydrogen-bond acceptors (Lipinski definition) is 6. The number of aromatic nitrogens is 2. The van der Waals surface area contributed by atoms with Gasteiger partial charge in [-0.3, -0.25) is 14.1 Å². The SMILES string of the molecule is Cc1nc2ccccc2c(=O)n1-c1cccc(NS(=O)(=O)c2ccc3c(c2)OCCO3)c1. The van der Waals surface area contributed by atoms with Gasteiger partial charge in [0, 0.05) is 6.07 Å². The van der Waals surface area contributed by atoms with E-state index >= 15 is 0 Å². The first kappa shape index (κ1) is 20.1. The highest BCUT2D eigenvalue weighted by atomic mass is 32.2. The molecule has 0 radical (unpaired) electrons. The van der Waals surface area contributed by atoms with Crippen LogP contribution in [0.1, 0.15) is 5.82 Å². The molecule has 0 saturated heterocycles. The quantitative estimate of drug-likeness (QED) is 0.513. The average molecular weight is 449 g/mol. The first-order chi connectivity index (χ1) is 15.4. The first-order valence-corrected chi connectivity index (χ1v) is 11.4. The van der Waals surface area contributed by atoms with Gasteiger partial charge in [0.2, 0.25) is 0 Å². The van der Waals surface area contributed by atoms with Crippen molar-refractivity contribution in [2.24, 2.45) is 0 Å². The molecule has 1 aliphatic heterocycles. The number of sulfonamides is 1. The van der Waals surface area contributed by atoms with E-state index < -0.39 is 10.0 Å². The summed E-state index contributed by atoms with van der Waals surface area (Å²) >= 11 is 0. The molecule has 0 atom stereocenters. The van der Waals surface area contributed by atoms with Crippen LogP contribution >= 0.6 is 0 Å².